The third-order valence-electron chi connectivity index (χ3n) is 3.13. The quantitative estimate of drug-likeness (QED) is 0.729. The summed E-state index contributed by atoms with van der Waals surface area (Å²) in [4.78, 5) is 4.02. The SMILES string of the molecule is Clc1ccccc1COc1cccc(CNc2ncn[nH]2)c1. The van der Waals surface area contributed by atoms with Crippen molar-refractivity contribution in [2.24, 2.45) is 0 Å². The maximum atomic E-state index is 6.12. The van der Waals surface area contributed by atoms with Gasteiger partial charge < -0.3 is 10.1 Å². The van der Waals surface area contributed by atoms with E-state index in [4.69, 9.17) is 16.3 Å². The number of rotatable bonds is 6. The summed E-state index contributed by atoms with van der Waals surface area (Å²) >= 11 is 6.12. The van der Waals surface area contributed by atoms with Gasteiger partial charge in [-0.05, 0) is 23.8 Å². The second-order valence-corrected chi connectivity index (χ2v) is 5.12. The van der Waals surface area contributed by atoms with Crippen LogP contribution < -0.4 is 10.1 Å². The van der Waals surface area contributed by atoms with Crippen molar-refractivity contribution in [3.63, 3.8) is 0 Å². The number of anilines is 1. The van der Waals surface area contributed by atoms with Crippen molar-refractivity contribution in [3.05, 3.63) is 71.0 Å². The van der Waals surface area contributed by atoms with Gasteiger partial charge in [0.2, 0.25) is 5.95 Å². The Hall–Kier alpha value is -2.53. The summed E-state index contributed by atoms with van der Waals surface area (Å²) in [6, 6.07) is 15.6. The summed E-state index contributed by atoms with van der Waals surface area (Å²) in [6.45, 7) is 1.08. The van der Waals surface area contributed by atoms with E-state index in [0.29, 0.717) is 24.1 Å². The largest absolute Gasteiger partial charge is 0.489 e. The van der Waals surface area contributed by atoms with Crippen molar-refractivity contribution in [3.8, 4) is 5.75 Å². The summed E-state index contributed by atoms with van der Waals surface area (Å²) < 4.78 is 5.80. The molecule has 0 aliphatic carbocycles. The van der Waals surface area contributed by atoms with E-state index in [1.807, 2.05) is 48.5 Å². The Morgan fingerprint density at radius 1 is 1.14 bits per heavy atom. The maximum absolute atomic E-state index is 6.12. The Labute approximate surface area is 133 Å². The van der Waals surface area contributed by atoms with Crippen LogP contribution in [-0.4, -0.2) is 15.2 Å². The van der Waals surface area contributed by atoms with E-state index in [2.05, 4.69) is 20.5 Å². The van der Waals surface area contributed by atoms with E-state index < -0.39 is 0 Å². The highest BCUT2D eigenvalue weighted by molar-refractivity contribution is 6.31. The number of hydrogen-bond donors (Lipinski definition) is 2. The Bertz CT molecular complexity index is 731. The fourth-order valence-electron chi connectivity index (χ4n) is 2.00. The molecule has 0 saturated carbocycles. The van der Waals surface area contributed by atoms with E-state index in [9.17, 15) is 0 Å². The highest BCUT2D eigenvalue weighted by atomic mass is 35.5. The maximum Gasteiger partial charge on any atom is 0.218 e. The van der Waals surface area contributed by atoms with E-state index >= 15 is 0 Å². The molecule has 3 rings (SSSR count). The van der Waals surface area contributed by atoms with Gasteiger partial charge in [-0.1, -0.05) is 41.9 Å². The van der Waals surface area contributed by atoms with Crippen molar-refractivity contribution in [2.75, 3.05) is 5.32 Å². The minimum atomic E-state index is 0.443. The Kier molecular flexibility index (Phi) is 4.56. The number of halogens is 1. The summed E-state index contributed by atoms with van der Waals surface area (Å²) in [7, 11) is 0. The van der Waals surface area contributed by atoms with Crippen LogP contribution in [0.5, 0.6) is 5.75 Å². The van der Waals surface area contributed by atoms with Gasteiger partial charge in [0, 0.05) is 17.1 Å². The highest BCUT2D eigenvalue weighted by Gasteiger charge is 2.02. The summed E-state index contributed by atoms with van der Waals surface area (Å²) in [6.07, 6.45) is 1.46. The van der Waals surface area contributed by atoms with E-state index in [0.717, 1.165) is 16.9 Å². The third kappa shape index (κ3) is 3.77. The van der Waals surface area contributed by atoms with Gasteiger partial charge >= 0.3 is 0 Å². The monoisotopic (exact) mass is 314 g/mol. The molecule has 2 N–H and O–H groups in total. The molecule has 1 aromatic heterocycles. The zero-order chi connectivity index (χ0) is 15.2. The smallest absolute Gasteiger partial charge is 0.218 e. The van der Waals surface area contributed by atoms with Gasteiger partial charge in [-0.3, -0.25) is 0 Å². The van der Waals surface area contributed by atoms with Crippen LogP contribution in [0.4, 0.5) is 5.95 Å². The van der Waals surface area contributed by atoms with Crippen molar-refractivity contribution in [1.82, 2.24) is 15.2 Å². The Morgan fingerprint density at radius 2 is 2.05 bits per heavy atom. The molecule has 0 amide bonds. The number of H-pyrrole nitrogens is 1. The van der Waals surface area contributed by atoms with Crippen LogP contribution in [0.1, 0.15) is 11.1 Å². The van der Waals surface area contributed by atoms with Gasteiger partial charge in [-0.2, -0.15) is 5.10 Å². The minimum Gasteiger partial charge on any atom is -0.489 e. The second kappa shape index (κ2) is 6.95. The lowest BCUT2D eigenvalue weighted by Gasteiger charge is -2.09. The minimum absolute atomic E-state index is 0.443. The summed E-state index contributed by atoms with van der Waals surface area (Å²) in [5.74, 6) is 1.44. The van der Waals surface area contributed by atoms with Crippen molar-refractivity contribution < 1.29 is 4.74 Å². The Morgan fingerprint density at radius 3 is 2.86 bits per heavy atom. The molecular weight excluding hydrogens is 300 g/mol. The first kappa shape index (κ1) is 14.4. The zero-order valence-electron chi connectivity index (χ0n) is 11.8. The van der Waals surface area contributed by atoms with Gasteiger partial charge in [0.25, 0.3) is 0 Å². The molecule has 0 aliphatic heterocycles. The number of ether oxygens (including phenoxy) is 1. The van der Waals surface area contributed by atoms with E-state index in [1.54, 1.807) is 0 Å². The van der Waals surface area contributed by atoms with E-state index in [-0.39, 0.29) is 0 Å². The number of aromatic amines is 1. The number of hydrogen-bond acceptors (Lipinski definition) is 4. The molecule has 0 fully saturated rings. The molecule has 6 heteroatoms. The summed E-state index contributed by atoms with van der Waals surface area (Å²) in [5, 5.41) is 10.4. The van der Waals surface area contributed by atoms with Crippen molar-refractivity contribution in [2.45, 2.75) is 13.2 Å². The van der Waals surface area contributed by atoms with Crippen LogP contribution in [0.25, 0.3) is 0 Å². The molecule has 0 bridgehead atoms. The average Bonchev–Trinajstić information content (AvgIpc) is 3.06. The fourth-order valence-corrected chi connectivity index (χ4v) is 2.19. The molecular formula is C16H15ClN4O. The van der Waals surface area contributed by atoms with Crippen LogP contribution in [0, 0.1) is 0 Å². The van der Waals surface area contributed by atoms with Crippen LogP contribution in [0.3, 0.4) is 0 Å². The van der Waals surface area contributed by atoms with Gasteiger partial charge in [0.1, 0.15) is 18.7 Å². The fraction of sp³-hybridized carbons (Fsp3) is 0.125. The van der Waals surface area contributed by atoms with Crippen LogP contribution in [-0.2, 0) is 13.2 Å². The first-order valence-electron chi connectivity index (χ1n) is 6.85. The normalized spacial score (nSPS) is 10.4. The third-order valence-corrected chi connectivity index (χ3v) is 3.49. The molecule has 0 saturated heterocycles. The first-order chi connectivity index (χ1) is 10.8. The number of aromatic nitrogens is 3. The molecule has 0 spiro atoms. The highest BCUT2D eigenvalue weighted by Crippen LogP contribution is 2.19. The topological polar surface area (TPSA) is 62.8 Å². The predicted octanol–water partition coefficient (Wildman–Crippen LogP) is 3.65. The van der Waals surface area contributed by atoms with Crippen molar-refractivity contribution >= 4 is 17.5 Å². The standard InChI is InChI=1S/C16H15ClN4O/c17-15-7-2-1-5-13(15)10-22-14-6-3-4-12(8-14)9-18-16-19-11-20-21-16/h1-8,11H,9-10H2,(H2,18,19,20,21). The van der Waals surface area contributed by atoms with Gasteiger partial charge in [0.15, 0.2) is 0 Å². The van der Waals surface area contributed by atoms with Crippen LogP contribution in [0.15, 0.2) is 54.9 Å². The molecule has 0 aliphatic rings. The number of benzene rings is 2. The second-order valence-electron chi connectivity index (χ2n) is 4.72. The molecule has 3 aromatic rings. The van der Waals surface area contributed by atoms with Gasteiger partial charge in [0.05, 0.1) is 0 Å². The summed E-state index contributed by atoms with van der Waals surface area (Å²) in [5.41, 5.74) is 2.06. The lowest BCUT2D eigenvalue weighted by atomic mass is 10.2. The van der Waals surface area contributed by atoms with Gasteiger partial charge in [-0.15, -0.1) is 0 Å². The molecule has 0 unspecified atom stereocenters. The lowest BCUT2D eigenvalue weighted by Crippen LogP contribution is -2.02. The zero-order valence-corrected chi connectivity index (χ0v) is 12.5. The number of nitrogens with one attached hydrogen (secondary N) is 2. The Balaban J connectivity index is 1.60. The molecule has 1 heterocycles. The molecule has 22 heavy (non-hydrogen) atoms. The first-order valence-corrected chi connectivity index (χ1v) is 7.23. The van der Waals surface area contributed by atoms with Crippen molar-refractivity contribution in [1.29, 1.82) is 0 Å². The van der Waals surface area contributed by atoms with Crippen LogP contribution in [0.2, 0.25) is 5.02 Å². The molecule has 0 radical (unpaired) electrons. The average molecular weight is 315 g/mol. The molecule has 112 valence electrons. The molecule has 2 aromatic carbocycles. The molecule has 5 nitrogen and oxygen atoms in total. The lowest BCUT2D eigenvalue weighted by molar-refractivity contribution is 0.306. The number of nitrogens with zero attached hydrogens (tertiary/aromatic N) is 2. The van der Waals surface area contributed by atoms with E-state index in [1.165, 1.54) is 6.33 Å². The predicted molar refractivity (Wildman–Crippen MR) is 85.9 cm³/mol. The van der Waals surface area contributed by atoms with Gasteiger partial charge in [-0.25, -0.2) is 10.1 Å². The van der Waals surface area contributed by atoms with Crippen LogP contribution >= 0.6 is 11.6 Å². The molecule has 0 atom stereocenters.